The number of hydrogen-bond donors (Lipinski definition) is 2. The summed E-state index contributed by atoms with van der Waals surface area (Å²) in [6.45, 7) is 3.88. The van der Waals surface area contributed by atoms with Crippen LogP contribution in [0.2, 0.25) is 0 Å². The molecule has 0 amide bonds. The monoisotopic (exact) mass is 232 g/mol. The van der Waals surface area contributed by atoms with Gasteiger partial charge in [0.05, 0.1) is 5.41 Å². The first-order valence-electron chi connectivity index (χ1n) is 5.48. The van der Waals surface area contributed by atoms with Gasteiger partial charge in [-0.2, -0.15) is 0 Å². The van der Waals surface area contributed by atoms with E-state index in [-0.39, 0.29) is 0 Å². The van der Waals surface area contributed by atoms with E-state index < -0.39 is 11.4 Å². The third-order valence-electron chi connectivity index (χ3n) is 2.94. The molecule has 2 rings (SSSR count). The summed E-state index contributed by atoms with van der Waals surface area (Å²) in [5, 5.41) is 10.2. The Labute approximate surface area is 99.7 Å². The molecule has 2 aromatic rings. The first-order valence-corrected chi connectivity index (χ1v) is 5.48. The molecule has 0 unspecified atom stereocenters. The molecule has 4 heteroatoms. The van der Waals surface area contributed by atoms with Crippen LogP contribution in [0, 0.1) is 5.41 Å². The number of carboxylic acid groups (broad SMARTS) is 1. The zero-order chi connectivity index (χ0) is 12.6. The molecule has 0 bridgehead atoms. The lowest BCUT2D eigenvalue weighted by Crippen LogP contribution is -2.28. The molecule has 90 valence electrons. The largest absolute Gasteiger partial charge is 0.481 e. The fraction of sp³-hybridized carbons (Fsp3) is 0.308. The Balaban J connectivity index is 2.41. The second-order valence-electron chi connectivity index (χ2n) is 4.95. The number of nitrogens with two attached hydrogens (primary N) is 1. The van der Waals surface area contributed by atoms with Crippen LogP contribution >= 0.6 is 0 Å². The molecule has 1 heterocycles. The van der Waals surface area contributed by atoms with E-state index in [4.69, 9.17) is 10.8 Å². The predicted octanol–water partition coefficient (Wildman–Crippen LogP) is 2.33. The molecule has 0 fully saturated rings. The topological polar surface area (TPSA) is 68.2 Å². The van der Waals surface area contributed by atoms with Crippen molar-refractivity contribution in [2.75, 3.05) is 5.73 Å². The van der Waals surface area contributed by atoms with Crippen LogP contribution in [0.15, 0.2) is 30.5 Å². The van der Waals surface area contributed by atoms with E-state index >= 15 is 0 Å². The minimum atomic E-state index is -0.796. The molecule has 0 aliphatic carbocycles. The number of carbonyl (C=O) groups is 1. The highest BCUT2D eigenvalue weighted by Gasteiger charge is 2.27. The third kappa shape index (κ3) is 2.11. The fourth-order valence-corrected chi connectivity index (χ4v) is 1.85. The number of anilines is 1. The average molecular weight is 232 g/mol. The first kappa shape index (κ1) is 11.5. The molecule has 4 nitrogen and oxygen atoms in total. The third-order valence-corrected chi connectivity index (χ3v) is 2.94. The van der Waals surface area contributed by atoms with Crippen molar-refractivity contribution in [3.8, 4) is 0 Å². The van der Waals surface area contributed by atoms with Crippen molar-refractivity contribution < 1.29 is 9.90 Å². The molecule has 0 spiro atoms. The average Bonchev–Trinajstić information content (AvgIpc) is 2.60. The summed E-state index contributed by atoms with van der Waals surface area (Å²) in [7, 11) is 0. The second kappa shape index (κ2) is 3.80. The minimum absolute atomic E-state index is 0.440. The molecule has 0 radical (unpaired) electrons. The smallest absolute Gasteiger partial charge is 0.310 e. The zero-order valence-electron chi connectivity index (χ0n) is 9.97. The summed E-state index contributed by atoms with van der Waals surface area (Å²) in [6.07, 6.45) is 1.90. The van der Waals surface area contributed by atoms with Gasteiger partial charge in [0, 0.05) is 29.3 Å². The van der Waals surface area contributed by atoms with Crippen LogP contribution in [0.5, 0.6) is 0 Å². The van der Waals surface area contributed by atoms with Crippen LogP contribution in [0.1, 0.15) is 13.8 Å². The van der Waals surface area contributed by atoms with Crippen LogP contribution in [0.25, 0.3) is 10.9 Å². The Morgan fingerprint density at radius 1 is 1.41 bits per heavy atom. The number of fused-ring (bicyclic) bond motifs is 1. The molecule has 1 aromatic heterocycles. The van der Waals surface area contributed by atoms with Gasteiger partial charge in [-0.05, 0) is 38.1 Å². The molecule has 0 saturated heterocycles. The maximum Gasteiger partial charge on any atom is 0.310 e. The molecule has 3 N–H and O–H groups in total. The number of aliphatic carboxylic acids is 1. The number of hydrogen-bond acceptors (Lipinski definition) is 2. The lowest BCUT2D eigenvalue weighted by Gasteiger charge is -2.20. The lowest BCUT2D eigenvalue weighted by atomic mass is 9.94. The lowest BCUT2D eigenvalue weighted by molar-refractivity contribution is -0.147. The Hall–Kier alpha value is -1.97. The van der Waals surface area contributed by atoms with Gasteiger partial charge in [-0.3, -0.25) is 4.79 Å². The zero-order valence-corrected chi connectivity index (χ0v) is 9.97. The molecule has 0 saturated carbocycles. The van der Waals surface area contributed by atoms with Crippen molar-refractivity contribution >= 4 is 22.6 Å². The molecule has 0 aliphatic rings. The summed E-state index contributed by atoms with van der Waals surface area (Å²) < 4.78 is 1.95. The van der Waals surface area contributed by atoms with Gasteiger partial charge in [-0.15, -0.1) is 0 Å². The molecular formula is C13H16N2O2. The number of carboxylic acids is 1. The van der Waals surface area contributed by atoms with Crippen LogP contribution < -0.4 is 5.73 Å². The van der Waals surface area contributed by atoms with Gasteiger partial charge in [0.2, 0.25) is 0 Å². The number of nitrogen functional groups attached to an aromatic ring is 1. The molecule has 17 heavy (non-hydrogen) atoms. The highest BCUT2D eigenvalue weighted by Crippen LogP contribution is 2.24. The number of rotatable bonds is 3. The summed E-state index contributed by atoms with van der Waals surface area (Å²) in [5.74, 6) is -0.796. The van der Waals surface area contributed by atoms with E-state index in [1.807, 2.05) is 35.0 Å². The summed E-state index contributed by atoms with van der Waals surface area (Å²) >= 11 is 0. The van der Waals surface area contributed by atoms with Gasteiger partial charge in [0.25, 0.3) is 0 Å². The van der Waals surface area contributed by atoms with E-state index in [0.717, 1.165) is 10.9 Å². The molecule has 0 atom stereocenters. The van der Waals surface area contributed by atoms with Crippen molar-refractivity contribution in [1.29, 1.82) is 0 Å². The van der Waals surface area contributed by atoms with E-state index in [1.54, 1.807) is 13.8 Å². The van der Waals surface area contributed by atoms with E-state index in [1.165, 1.54) is 0 Å². The summed E-state index contributed by atoms with van der Waals surface area (Å²) in [5.41, 5.74) is 6.64. The Morgan fingerprint density at radius 3 is 2.76 bits per heavy atom. The van der Waals surface area contributed by atoms with Crippen molar-refractivity contribution in [1.82, 2.24) is 4.57 Å². The fourth-order valence-electron chi connectivity index (χ4n) is 1.85. The second-order valence-corrected chi connectivity index (χ2v) is 4.95. The van der Waals surface area contributed by atoms with Gasteiger partial charge >= 0.3 is 5.97 Å². The normalized spacial score (nSPS) is 11.9. The van der Waals surface area contributed by atoms with Gasteiger partial charge in [-0.1, -0.05) is 0 Å². The number of aromatic nitrogens is 1. The van der Waals surface area contributed by atoms with Crippen molar-refractivity contribution in [2.24, 2.45) is 5.41 Å². The van der Waals surface area contributed by atoms with Gasteiger partial charge in [0.1, 0.15) is 0 Å². The summed E-state index contributed by atoms with van der Waals surface area (Å²) in [4.78, 5) is 11.1. The van der Waals surface area contributed by atoms with Gasteiger partial charge < -0.3 is 15.4 Å². The van der Waals surface area contributed by atoms with E-state index in [0.29, 0.717) is 12.2 Å². The molecule has 1 aromatic carbocycles. The standard InChI is InChI=1S/C13H16N2O2/c1-13(2,12(16)17)8-15-6-5-9-7-10(14)3-4-11(9)15/h3-7H,8,14H2,1-2H3,(H,16,17). The van der Waals surface area contributed by atoms with Crippen LogP contribution in [0.3, 0.4) is 0 Å². The van der Waals surface area contributed by atoms with Crippen LogP contribution in [-0.4, -0.2) is 15.6 Å². The highest BCUT2D eigenvalue weighted by molar-refractivity contribution is 5.83. The Bertz CT molecular complexity index is 570. The summed E-state index contributed by atoms with van der Waals surface area (Å²) in [6, 6.07) is 7.58. The highest BCUT2D eigenvalue weighted by atomic mass is 16.4. The Kier molecular flexibility index (Phi) is 2.58. The van der Waals surface area contributed by atoms with Crippen LogP contribution in [0.4, 0.5) is 5.69 Å². The number of benzene rings is 1. The maximum absolute atomic E-state index is 11.1. The van der Waals surface area contributed by atoms with Crippen molar-refractivity contribution in [2.45, 2.75) is 20.4 Å². The van der Waals surface area contributed by atoms with E-state index in [9.17, 15) is 4.79 Å². The van der Waals surface area contributed by atoms with Crippen molar-refractivity contribution in [3.63, 3.8) is 0 Å². The van der Waals surface area contributed by atoms with Crippen molar-refractivity contribution in [3.05, 3.63) is 30.5 Å². The van der Waals surface area contributed by atoms with Gasteiger partial charge in [0.15, 0.2) is 0 Å². The predicted molar refractivity (Wildman–Crippen MR) is 67.8 cm³/mol. The van der Waals surface area contributed by atoms with E-state index in [2.05, 4.69) is 0 Å². The van der Waals surface area contributed by atoms with Crippen LogP contribution in [-0.2, 0) is 11.3 Å². The number of nitrogens with zero attached hydrogens (tertiary/aromatic N) is 1. The first-order chi connectivity index (χ1) is 7.90. The van der Waals surface area contributed by atoms with Gasteiger partial charge in [-0.25, -0.2) is 0 Å². The molecular weight excluding hydrogens is 216 g/mol. The Morgan fingerprint density at radius 2 is 2.12 bits per heavy atom. The SMILES string of the molecule is CC(C)(Cn1ccc2cc(N)ccc21)C(=O)O. The molecule has 0 aliphatic heterocycles. The minimum Gasteiger partial charge on any atom is -0.481 e. The quantitative estimate of drug-likeness (QED) is 0.798. The maximum atomic E-state index is 11.1.